The number of aliphatic imine (C=N–C) groups is 2. The Balaban J connectivity index is 0.0000157. The van der Waals surface area contributed by atoms with Crippen LogP contribution in [0.1, 0.15) is 237 Å². The van der Waals surface area contributed by atoms with E-state index in [0.29, 0.717) is 0 Å². The minimum atomic E-state index is 0. The number of rotatable bonds is 35. The van der Waals surface area contributed by atoms with Gasteiger partial charge in [-0.05, 0) is 104 Å². The summed E-state index contributed by atoms with van der Waals surface area (Å²) in [6.07, 6.45) is 45.0. The first kappa shape index (κ1) is 52.0. The molecule has 0 aliphatic carbocycles. The second-order valence-corrected chi connectivity index (χ2v) is 16.6. The van der Waals surface area contributed by atoms with Gasteiger partial charge in [-0.1, -0.05) is 207 Å². The van der Waals surface area contributed by atoms with Gasteiger partial charge in [0.15, 0.2) is 0 Å². The van der Waals surface area contributed by atoms with Crippen LogP contribution in [0.5, 0.6) is 0 Å². The fourth-order valence-electron chi connectivity index (χ4n) is 8.03. The molecule has 0 fully saturated rings. The molecule has 320 valence electrons. The molecule has 2 rings (SSSR count). The molecular formula is C53H88N2Ni. The normalized spacial score (nSPS) is 12.2. The Morgan fingerprint density at radius 1 is 0.411 bits per heavy atom. The van der Waals surface area contributed by atoms with Gasteiger partial charge in [-0.3, -0.25) is 4.99 Å². The zero-order valence-electron chi connectivity index (χ0n) is 37.7. The van der Waals surface area contributed by atoms with Gasteiger partial charge in [0.25, 0.3) is 0 Å². The minimum absolute atomic E-state index is 0. The van der Waals surface area contributed by atoms with Gasteiger partial charge in [0, 0.05) is 16.5 Å². The summed E-state index contributed by atoms with van der Waals surface area (Å²) in [5.41, 5.74) is 10.3. The number of aryl methyl sites for hydroxylation is 4. The molecule has 2 aromatic carbocycles. The van der Waals surface area contributed by atoms with Crippen LogP contribution in [0.2, 0.25) is 0 Å². The van der Waals surface area contributed by atoms with Gasteiger partial charge in [0.2, 0.25) is 0 Å². The fraction of sp³-hybridized carbons (Fsp3) is 0.698. The SMILES string of the molecule is CCCCCCCCCCCCCCCCCCCC=CC(=Nc1ccc(CCC)c(CCC)c1)C(CCCCCC)=Nc1ccc(CCC)c(CCC)c1.[Ni]. The summed E-state index contributed by atoms with van der Waals surface area (Å²) in [6, 6.07) is 13.9. The van der Waals surface area contributed by atoms with Crippen LogP contribution in [0.15, 0.2) is 58.5 Å². The van der Waals surface area contributed by atoms with Gasteiger partial charge in [0.1, 0.15) is 0 Å². The molecule has 0 radical (unpaired) electrons. The summed E-state index contributed by atoms with van der Waals surface area (Å²) in [7, 11) is 0. The van der Waals surface area contributed by atoms with Crippen molar-refractivity contribution in [2.75, 3.05) is 0 Å². The Hall–Kier alpha value is -1.99. The molecule has 0 atom stereocenters. The third kappa shape index (κ3) is 24.1. The van der Waals surface area contributed by atoms with Crippen molar-refractivity contribution in [3.05, 3.63) is 70.8 Å². The van der Waals surface area contributed by atoms with Crippen LogP contribution >= 0.6 is 0 Å². The summed E-state index contributed by atoms with van der Waals surface area (Å²) in [5, 5.41) is 0. The third-order valence-corrected chi connectivity index (χ3v) is 11.3. The first-order valence-electron chi connectivity index (χ1n) is 24.2. The maximum absolute atomic E-state index is 5.44. The predicted molar refractivity (Wildman–Crippen MR) is 250 cm³/mol. The van der Waals surface area contributed by atoms with Gasteiger partial charge >= 0.3 is 0 Å². The number of hydrogen-bond donors (Lipinski definition) is 0. The number of hydrogen-bond acceptors (Lipinski definition) is 2. The summed E-state index contributed by atoms with van der Waals surface area (Å²) >= 11 is 0. The van der Waals surface area contributed by atoms with Crippen molar-refractivity contribution in [3.63, 3.8) is 0 Å². The molecule has 2 nitrogen and oxygen atoms in total. The molecule has 0 saturated carbocycles. The van der Waals surface area contributed by atoms with Crippen molar-refractivity contribution >= 4 is 22.8 Å². The number of benzene rings is 2. The standard InChI is InChI=1S/C53H88N2.Ni/c1-7-13-15-17-18-19-20-21-22-23-24-25-26-27-28-29-30-31-33-39-53(55-51-43-41-47(35-10-4)49(45-51)37-12-6)52(38-32-16-14-8-2)54-50-42-40-46(34-9-3)48(44-50)36-11-5;/h33,39-45H,7-32,34-38H2,1-6H3;. The first-order chi connectivity index (χ1) is 27.1. The monoisotopic (exact) mass is 811 g/mol. The molecule has 0 unspecified atom stereocenters. The Kier molecular flexibility index (Phi) is 33.6. The molecule has 0 aliphatic rings. The third-order valence-electron chi connectivity index (χ3n) is 11.3. The van der Waals surface area contributed by atoms with Crippen molar-refractivity contribution in [3.8, 4) is 0 Å². The molecule has 2 aromatic rings. The Morgan fingerprint density at radius 2 is 0.786 bits per heavy atom. The van der Waals surface area contributed by atoms with Crippen molar-refractivity contribution in [2.45, 2.75) is 241 Å². The summed E-state index contributed by atoms with van der Waals surface area (Å²) in [5.74, 6) is 0. The summed E-state index contributed by atoms with van der Waals surface area (Å²) in [4.78, 5) is 10.9. The smallest absolute Gasteiger partial charge is 0.0848 e. The average molecular weight is 812 g/mol. The second kappa shape index (κ2) is 36.1. The minimum Gasteiger partial charge on any atom is -0.251 e. The van der Waals surface area contributed by atoms with Crippen LogP contribution < -0.4 is 0 Å². The zero-order valence-corrected chi connectivity index (χ0v) is 38.7. The van der Waals surface area contributed by atoms with Gasteiger partial charge in [-0.25, -0.2) is 4.99 Å². The molecule has 0 bridgehead atoms. The Morgan fingerprint density at radius 3 is 1.21 bits per heavy atom. The van der Waals surface area contributed by atoms with Crippen LogP contribution in [0.4, 0.5) is 11.4 Å². The van der Waals surface area contributed by atoms with Crippen molar-refractivity contribution < 1.29 is 16.5 Å². The van der Waals surface area contributed by atoms with E-state index in [1.165, 1.54) is 164 Å². The van der Waals surface area contributed by atoms with Gasteiger partial charge in [-0.15, -0.1) is 0 Å². The number of unbranched alkanes of at least 4 members (excludes halogenated alkanes) is 20. The largest absolute Gasteiger partial charge is 0.251 e. The second-order valence-electron chi connectivity index (χ2n) is 16.6. The van der Waals surface area contributed by atoms with Crippen LogP contribution in [-0.4, -0.2) is 11.4 Å². The molecule has 56 heavy (non-hydrogen) atoms. The van der Waals surface area contributed by atoms with Crippen LogP contribution in [0.3, 0.4) is 0 Å². The topological polar surface area (TPSA) is 24.7 Å². The van der Waals surface area contributed by atoms with E-state index in [0.717, 1.165) is 80.6 Å². The van der Waals surface area contributed by atoms with E-state index in [2.05, 4.69) is 90.1 Å². The molecule has 0 heterocycles. The van der Waals surface area contributed by atoms with Gasteiger partial charge in [-0.2, -0.15) is 0 Å². The molecule has 0 N–H and O–H groups in total. The molecule has 3 heteroatoms. The predicted octanol–water partition coefficient (Wildman–Crippen LogP) is 17.9. The van der Waals surface area contributed by atoms with Crippen LogP contribution in [-0.2, 0) is 42.2 Å². The molecule has 0 spiro atoms. The first-order valence-corrected chi connectivity index (χ1v) is 24.2. The maximum atomic E-state index is 5.44. The van der Waals surface area contributed by atoms with Crippen molar-refractivity contribution in [1.82, 2.24) is 0 Å². The maximum Gasteiger partial charge on any atom is 0.0848 e. The average Bonchev–Trinajstić information content (AvgIpc) is 3.18. The van der Waals surface area contributed by atoms with E-state index in [9.17, 15) is 0 Å². The molecule has 0 aliphatic heterocycles. The van der Waals surface area contributed by atoms with Crippen molar-refractivity contribution in [2.24, 2.45) is 9.98 Å². The Labute approximate surface area is 359 Å². The number of allylic oxidation sites excluding steroid dienone is 2. The molecule has 0 amide bonds. The number of nitrogens with zero attached hydrogens (tertiary/aromatic N) is 2. The quantitative estimate of drug-likeness (QED) is 0.0376. The van der Waals surface area contributed by atoms with E-state index >= 15 is 0 Å². The molecular weight excluding hydrogens is 723 g/mol. The summed E-state index contributed by atoms with van der Waals surface area (Å²) in [6.45, 7) is 13.8. The zero-order chi connectivity index (χ0) is 39.6. The summed E-state index contributed by atoms with van der Waals surface area (Å²) < 4.78 is 0. The molecule has 0 aromatic heterocycles. The molecule has 0 saturated heterocycles. The van der Waals surface area contributed by atoms with Crippen LogP contribution in [0.25, 0.3) is 0 Å². The van der Waals surface area contributed by atoms with E-state index in [4.69, 9.17) is 9.98 Å². The van der Waals surface area contributed by atoms with Gasteiger partial charge in [0.05, 0.1) is 22.8 Å². The van der Waals surface area contributed by atoms with E-state index < -0.39 is 0 Å². The van der Waals surface area contributed by atoms with E-state index in [1.807, 2.05) is 0 Å². The van der Waals surface area contributed by atoms with E-state index in [1.54, 1.807) is 0 Å². The fourth-order valence-corrected chi connectivity index (χ4v) is 8.03. The van der Waals surface area contributed by atoms with Crippen LogP contribution in [0, 0.1) is 0 Å². The van der Waals surface area contributed by atoms with Crippen molar-refractivity contribution in [1.29, 1.82) is 0 Å². The Bertz CT molecular complexity index is 1320. The van der Waals surface area contributed by atoms with Gasteiger partial charge < -0.3 is 0 Å². The van der Waals surface area contributed by atoms with E-state index in [-0.39, 0.29) is 16.5 Å².